The van der Waals surface area contributed by atoms with E-state index >= 15 is 0 Å². The average Bonchev–Trinajstić information content (AvgIpc) is 2.20. The van der Waals surface area contributed by atoms with Crippen molar-refractivity contribution in [2.24, 2.45) is 0 Å². The smallest absolute Gasteiger partial charge is 0.0841 e. The van der Waals surface area contributed by atoms with Crippen LogP contribution in [0.25, 0.3) is 0 Å². The fourth-order valence-electron chi connectivity index (χ4n) is 2.69. The average molecular weight is 183 g/mol. The van der Waals surface area contributed by atoms with Crippen molar-refractivity contribution in [3.63, 3.8) is 0 Å². The monoisotopic (exact) mass is 183 g/mol. The maximum atomic E-state index is 3.70. The molecule has 0 aromatic heterocycles. The number of piperidine rings is 1. The highest BCUT2D eigenvalue weighted by atomic mass is 15.4. The third-order valence-electron chi connectivity index (χ3n) is 3.41. The van der Waals surface area contributed by atoms with Gasteiger partial charge in [0.05, 0.1) is 5.66 Å². The number of nitrogens with zero attached hydrogens (tertiary/aromatic N) is 1. The van der Waals surface area contributed by atoms with Crippen molar-refractivity contribution in [2.45, 2.75) is 31.8 Å². The van der Waals surface area contributed by atoms with Gasteiger partial charge in [0, 0.05) is 13.1 Å². The molecule has 13 heavy (non-hydrogen) atoms. The molecule has 2 rings (SSSR count). The van der Waals surface area contributed by atoms with Gasteiger partial charge in [0.25, 0.3) is 0 Å². The lowest BCUT2D eigenvalue weighted by Crippen LogP contribution is -2.68. The van der Waals surface area contributed by atoms with E-state index in [9.17, 15) is 0 Å². The minimum Gasteiger partial charge on any atom is -0.314 e. The van der Waals surface area contributed by atoms with Crippen LogP contribution in [-0.2, 0) is 0 Å². The van der Waals surface area contributed by atoms with Gasteiger partial charge in [-0.15, -0.1) is 0 Å². The quantitative estimate of drug-likeness (QED) is 0.615. The van der Waals surface area contributed by atoms with Crippen LogP contribution >= 0.6 is 0 Å². The molecule has 0 saturated carbocycles. The van der Waals surface area contributed by atoms with Gasteiger partial charge in [0.1, 0.15) is 0 Å². The fourth-order valence-corrected chi connectivity index (χ4v) is 2.69. The highest BCUT2D eigenvalue weighted by molar-refractivity contribution is 4.95. The molecule has 3 nitrogen and oxygen atoms in total. The lowest BCUT2D eigenvalue weighted by atomic mass is 9.95. The first-order valence-electron chi connectivity index (χ1n) is 5.58. The minimum atomic E-state index is 0.297. The zero-order chi connectivity index (χ0) is 9.15. The molecule has 0 aromatic carbocycles. The molecule has 0 aliphatic carbocycles. The summed E-state index contributed by atoms with van der Waals surface area (Å²) in [5, 5.41) is 7.20. The maximum Gasteiger partial charge on any atom is 0.0841 e. The van der Waals surface area contributed by atoms with Crippen LogP contribution in [-0.4, -0.2) is 43.3 Å². The van der Waals surface area contributed by atoms with Crippen molar-refractivity contribution in [3.8, 4) is 0 Å². The molecule has 1 unspecified atom stereocenters. The van der Waals surface area contributed by atoms with Crippen LogP contribution in [0.4, 0.5) is 0 Å². The highest BCUT2D eigenvalue weighted by Crippen LogP contribution is 2.23. The van der Waals surface area contributed by atoms with E-state index in [2.05, 4.69) is 22.5 Å². The molecule has 2 aliphatic heterocycles. The zero-order valence-electron chi connectivity index (χ0n) is 8.60. The second-order valence-corrected chi connectivity index (χ2v) is 4.17. The third-order valence-corrected chi connectivity index (χ3v) is 3.41. The van der Waals surface area contributed by atoms with Crippen LogP contribution in [0.5, 0.6) is 0 Å². The van der Waals surface area contributed by atoms with Crippen molar-refractivity contribution >= 4 is 0 Å². The Labute approximate surface area is 80.9 Å². The van der Waals surface area contributed by atoms with Crippen LogP contribution in [0.3, 0.4) is 0 Å². The van der Waals surface area contributed by atoms with Gasteiger partial charge in [0.15, 0.2) is 0 Å². The number of hydrogen-bond donors (Lipinski definition) is 2. The molecule has 2 heterocycles. The molecule has 0 aromatic rings. The summed E-state index contributed by atoms with van der Waals surface area (Å²) in [5.41, 5.74) is 0.297. The molecular weight excluding hydrogens is 162 g/mol. The van der Waals surface area contributed by atoms with Crippen LogP contribution < -0.4 is 10.6 Å². The van der Waals surface area contributed by atoms with Crippen molar-refractivity contribution in [1.82, 2.24) is 15.5 Å². The van der Waals surface area contributed by atoms with E-state index in [0.29, 0.717) is 5.66 Å². The molecule has 0 bridgehead atoms. The summed E-state index contributed by atoms with van der Waals surface area (Å²) >= 11 is 0. The topological polar surface area (TPSA) is 27.3 Å². The molecule has 2 N–H and O–H groups in total. The van der Waals surface area contributed by atoms with E-state index in [1.807, 2.05) is 0 Å². The Bertz CT molecular complexity index is 155. The van der Waals surface area contributed by atoms with Gasteiger partial charge in [-0.1, -0.05) is 6.92 Å². The number of hydrogen-bond acceptors (Lipinski definition) is 3. The number of rotatable bonds is 1. The van der Waals surface area contributed by atoms with E-state index in [4.69, 9.17) is 0 Å². The van der Waals surface area contributed by atoms with Gasteiger partial charge in [-0.25, -0.2) is 0 Å². The molecule has 2 saturated heterocycles. The molecule has 0 radical (unpaired) electrons. The van der Waals surface area contributed by atoms with Crippen molar-refractivity contribution in [2.75, 3.05) is 32.7 Å². The van der Waals surface area contributed by atoms with Crippen LogP contribution in [0, 0.1) is 0 Å². The van der Waals surface area contributed by atoms with Crippen molar-refractivity contribution < 1.29 is 0 Å². The molecule has 2 aliphatic rings. The molecular formula is C10H21N3. The van der Waals surface area contributed by atoms with E-state index in [-0.39, 0.29) is 0 Å². The summed E-state index contributed by atoms with van der Waals surface area (Å²) in [5.74, 6) is 0. The molecule has 76 valence electrons. The summed E-state index contributed by atoms with van der Waals surface area (Å²) < 4.78 is 0. The van der Waals surface area contributed by atoms with Crippen LogP contribution in [0.2, 0.25) is 0 Å². The van der Waals surface area contributed by atoms with Gasteiger partial charge in [-0.05, 0) is 38.9 Å². The van der Waals surface area contributed by atoms with E-state index in [0.717, 1.165) is 6.54 Å². The summed E-state index contributed by atoms with van der Waals surface area (Å²) in [6.07, 6.45) is 3.92. The van der Waals surface area contributed by atoms with Gasteiger partial charge >= 0.3 is 0 Å². The minimum absolute atomic E-state index is 0.297. The summed E-state index contributed by atoms with van der Waals surface area (Å²) in [6, 6.07) is 0. The Morgan fingerprint density at radius 2 is 2.23 bits per heavy atom. The van der Waals surface area contributed by atoms with Crippen LogP contribution in [0.1, 0.15) is 26.2 Å². The Morgan fingerprint density at radius 1 is 1.31 bits per heavy atom. The fraction of sp³-hybridized carbons (Fsp3) is 1.00. The van der Waals surface area contributed by atoms with E-state index in [1.165, 1.54) is 45.4 Å². The van der Waals surface area contributed by atoms with Crippen LogP contribution in [0.15, 0.2) is 0 Å². The summed E-state index contributed by atoms with van der Waals surface area (Å²) in [7, 11) is 0. The third kappa shape index (κ3) is 1.73. The van der Waals surface area contributed by atoms with Gasteiger partial charge in [-0.2, -0.15) is 0 Å². The van der Waals surface area contributed by atoms with Gasteiger partial charge in [0.2, 0.25) is 0 Å². The van der Waals surface area contributed by atoms with Crippen molar-refractivity contribution in [3.05, 3.63) is 0 Å². The maximum absolute atomic E-state index is 3.70. The molecule has 1 atom stereocenters. The molecule has 3 heteroatoms. The van der Waals surface area contributed by atoms with E-state index in [1.54, 1.807) is 0 Å². The number of likely N-dealkylation sites (N-methyl/N-ethyl adjacent to an activating group) is 1. The van der Waals surface area contributed by atoms with Gasteiger partial charge in [-0.3, -0.25) is 10.2 Å². The zero-order valence-corrected chi connectivity index (χ0v) is 8.60. The highest BCUT2D eigenvalue weighted by Gasteiger charge is 2.38. The standard InChI is InChI=1S/C10H21N3/c1-2-13-8-4-7-12-10(13)5-3-6-11-9-10/h11-12H,2-9H2,1H3. The lowest BCUT2D eigenvalue weighted by Gasteiger charge is -2.50. The predicted molar refractivity (Wildman–Crippen MR) is 54.7 cm³/mol. The molecule has 0 amide bonds. The molecule has 1 spiro atoms. The SMILES string of the molecule is CCN1CCCNC12CCCNC2. The first-order chi connectivity index (χ1) is 6.37. The first-order valence-corrected chi connectivity index (χ1v) is 5.58. The molecule has 2 fully saturated rings. The Hall–Kier alpha value is -0.120. The van der Waals surface area contributed by atoms with Gasteiger partial charge < -0.3 is 5.32 Å². The van der Waals surface area contributed by atoms with Crippen molar-refractivity contribution in [1.29, 1.82) is 0 Å². The second-order valence-electron chi connectivity index (χ2n) is 4.17. The second kappa shape index (κ2) is 3.95. The summed E-state index contributed by atoms with van der Waals surface area (Å²) in [6.45, 7) is 8.23. The summed E-state index contributed by atoms with van der Waals surface area (Å²) in [4.78, 5) is 2.60. The van der Waals surface area contributed by atoms with E-state index < -0.39 is 0 Å². The normalized spacial score (nSPS) is 36.7. The number of nitrogens with one attached hydrogen (secondary N) is 2. The lowest BCUT2D eigenvalue weighted by molar-refractivity contribution is 0.0107. The largest absolute Gasteiger partial charge is 0.314 e. The Kier molecular flexibility index (Phi) is 2.86. The Balaban J connectivity index is 2.06. The predicted octanol–water partition coefficient (Wildman–Crippen LogP) is 0.381. The first kappa shape index (κ1) is 9.44. The Morgan fingerprint density at radius 3 is 2.92 bits per heavy atom.